The molecule has 3 heterocycles. The summed E-state index contributed by atoms with van der Waals surface area (Å²) >= 11 is 0. The van der Waals surface area contributed by atoms with Crippen molar-refractivity contribution >= 4 is 41.7 Å². The highest BCUT2D eigenvalue weighted by molar-refractivity contribution is 5.95. The number of fused-ring (bicyclic) bond motifs is 1. The number of nitrogens with one attached hydrogen (secondary N) is 2. The number of hydrogen-bond acceptors (Lipinski definition) is 4. The number of piperidine rings is 1. The number of furan rings is 1. The first-order valence-corrected chi connectivity index (χ1v) is 7.59. The Labute approximate surface area is 147 Å². The number of halogens is 2. The molecule has 2 N–H and O–H groups in total. The van der Waals surface area contributed by atoms with Gasteiger partial charge < -0.3 is 15.1 Å². The van der Waals surface area contributed by atoms with Crippen molar-refractivity contribution in [1.82, 2.24) is 15.6 Å². The van der Waals surface area contributed by atoms with Gasteiger partial charge in [-0.3, -0.25) is 9.78 Å². The SMILES string of the molecule is Cl.Cl.O=C(NCC1CC12CCNCC2)c1cc2ccncc2o1. The third-order valence-corrected chi connectivity index (χ3v) is 5.01. The van der Waals surface area contributed by atoms with E-state index in [0.29, 0.717) is 22.7 Å². The van der Waals surface area contributed by atoms with Crippen LogP contribution in [0.3, 0.4) is 0 Å². The number of hydrogen-bond donors (Lipinski definition) is 2. The average Bonchev–Trinajstić information content (AvgIpc) is 2.99. The van der Waals surface area contributed by atoms with Crippen LogP contribution in [0, 0.1) is 11.3 Å². The maximum atomic E-state index is 12.2. The van der Waals surface area contributed by atoms with Gasteiger partial charge in [-0.15, -0.1) is 24.8 Å². The fraction of sp³-hybridized carbons (Fsp3) is 0.500. The van der Waals surface area contributed by atoms with E-state index >= 15 is 0 Å². The van der Waals surface area contributed by atoms with E-state index < -0.39 is 0 Å². The second-order valence-electron chi connectivity index (χ2n) is 6.25. The lowest BCUT2D eigenvalue weighted by molar-refractivity contribution is 0.0924. The van der Waals surface area contributed by atoms with Crippen LogP contribution in [0.1, 0.15) is 29.8 Å². The predicted octanol–water partition coefficient (Wildman–Crippen LogP) is 2.79. The summed E-state index contributed by atoms with van der Waals surface area (Å²) in [6.45, 7) is 2.98. The van der Waals surface area contributed by atoms with Crippen molar-refractivity contribution in [3.63, 3.8) is 0 Å². The van der Waals surface area contributed by atoms with Gasteiger partial charge in [-0.1, -0.05) is 0 Å². The van der Waals surface area contributed by atoms with E-state index in [9.17, 15) is 4.79 Å². The van der Waals surface area contributed by atoms with E-state index in [1.54, 1.807) is 18.5 Å². The minimum absolute atomic E-state index is 0. The topological polar surface area (TPSA) is 67.2 Å². The standard InChI is InChI=1S/C16H19N3O2.2ClH/c20-15(13-7-11-1-4-18-10-14(11)21-13)19-9-12-8-16(12)2-5-17-6-3-16;;/h1,4,7,10,12,17H,2-3,5-6,8-9H2,(H,19,20);2*1H. The summed E-state index contributed by atoms with van der Waals surface area (Å²) in [6, 6.07) is 3.63. The Morgan fingerprint density at radius 3 is 2.91 bits per heavy atom. The lowest BCUT2D eigenvalue weighted by Gasteiger charge is -2.23. The zero-order valence-electron chi connectivity index (χ0n) is 12.7. The number of carbonyl (C=O) groups excluding carboxylic acids is 1. The molecular weight excluding hydrogens is 337 g/mol. The lowest BCUT2D eigenvalue weighted by atomic mass is 9.92. The third kappa shape index (κ3) is 3.47. The molecule has 4 rings (SSSR count). The number of aromatic nitrogens is 1. The Bertz CT molecular complexity index is 650. The molecule has 0 bridgehead atoms. The summed E-state index contributed by atoms with van der Waals surface area (Å²) in [5, 5.41) is 7.33. The van der Waals surface area contributed by atoms with Crippen LogP contribution in [-0.2, 0) is 0 Å². The zero-order valence-corrected chi connectivity index (χ0v) is 14.3. The Hall–Kier alpha value is -1.30. The smallest absolute Gasteiger partial charge is 0.287 e. The molecule has 2 aromatic rings. The fourth-order valence-corrected chi connectivity index (χ4v) is 3.56. The van der Waals surface area contributed by atoms with Gasteiger partial charge in [-0.2, -0.15) is 0 Å². The molecule has 1 unspecified atom stereocenters. The van der Waals surface area contributed by atoms with E-state index in [1.165, 1.54) is 19.3 Å². The summed E-state index contributed by atoms with van der Waals surface area (Å²) in [6.07, 6.45) is 7.06. The number of amides is 1. The average molecular weight is 358 g/mol. The van der Waals surface area contributed by atoms with Crippen LogP contribution in [0.4, 0.5) is 0 Å². The highest BCUT2D eigenvalue weighted by atomic mass is 35.5. The highest BCUT2D eigenvalue weighted by Crippen LogP contribution is 2.58. The normalized spacial score (nSPS) is 21.3. The van der Waals surface area contributed by atoms with Gasteiger partial charge in [0.15, 0.2) is 11.3 Å². The van der Waals surface area contributed by atoms with Crippen LogP contribution in [0.15, 0.2) is 28.9 Å². The van der Waals surface area contributed by atoms with Gasteiger partial charge in [0.05, 0.1) is 6.20 Å². The van der Waals surface area contributed by atoms with E-state index in [4.69, 9.17) is 4.42 Å². The van der Waals surface area contributed by atoms with Crippen LogP contribution in [0.25, 0.3) is 11.0 Å². The summed E-state index contributed by atoms with van der Waals surface area (Å²) in [7, 11) is 0. The minimum atomic E-state index is -0.123. The molecule has 1 aliphatic heterocycles. The molecule has 1 aliphatic carbocycles. The van der Waals surface area contributed by atoms with Crippen LogP contribution >= 0.6 is 24.8 Å². The minimum Gasteiger partial charge on any atom is -0.449 e. The first-order valence-electron chi connectivity index (χ1n) is 7.59. The van der Waals surface area contributed by atoms with Crippen LogP contribution in [0.2, 0.25) is 0 Å². The molecular formula is C16H21Cl2N3O2. The second kappa shape index (κ2) is 7.07. The van der Waals surface area contributed by atoms with Crippen LogP contribution in [-0.4, -0.2) is 30.5 Å². The number of nitrogens with zero attached hydrogens (tertiary/aromatic N) is 1. The Balaban J connectivity index is 0.000000960. The molecule has 2 aromatic heterocycles. The molecule has 0 aromatic carbocycles. The largest absolute Gasteiger partial charge is 0.449 e. The Morgan fingerprint density at radius 1 is 1.39 bits per heavy atom. The second-order valence-corrected chi connectivity index (χ2v) is 6.25. The molecule has 126 valence electrons. The van der Waals surface area contributed by atoms with E-state index in [2.05, 4.69) is 15.6 Å². The predicted molar refractivity (Wildman–Crippen MR) is 93.5 cm³/mol. The molecule has 1 saturated carbocycles. The highest BCUT2D eigenvalue weighted by Gasteiger charge is 2.53. The van der Waals surface area contributed by atoms with Crippen molar-refractivity contribution in [1.29, 1.82) is 0 Å². The van der Waals surface area contributed by atoms with Crippen molar-refractivity contribution < 1.29 is 9.21 Å². The van der Waals surface area contributed by atoms with Gasteiger partial charge in [-0.25, -0.2) is 0 Å². The molecule has 1 amide bonds. The van der Waals surface area contributed by atoms with E-state index in [0.717, 1.165) is 25.0 Å². The van der Waals surface area contributed by atoms with Gasteiger partial charge in [0, 0.05) is 18.1 Å². The van der Waals surface area contributed by atoms with Gasteiger partial charge in [0.2, 0.25) is 0 Å². The molecule has 2 fully saturated rings. The first kappa shape index (κ1) is 18.0. The number of carbonyl (C=O) groups is 1. The molecule has 23 heavy (non-hydrogen) atoms. The summed E-state index contributed by atoms with van der Waals surface area (Å²) < 4.78 is 5.53. The molecule has 0 radical (unpaired) electrons. The first-order chi connectivity index (χ1) is 10.3. The van der Waals surface area contributed by atoms with Gasteiger partial charge >= 0.3 is 0 Å². The van der Waals surface area contributed by atoms with Crippen molar-refractivity contribution in [3.8, 4) is 0 Å². The number of pyridine rings is 1. The van der Waals surface area contributed by atoms with Crippen LogP contribution < -0.4 is 10.6 Å². The lowest BCUT2D eigenvalue weighted by Crippen LogP contribution is -2.32. The van der Waals surface area contributed by atoms with Crippen molar-refractivity contribution in [3.05, 3.63) is 30.3 Å². The maximum Gasteiger partial charge on any atom is 0.287 e. The quantitative estimate of drug-likeness (QED) is 0.886. The Kier molecular flexibility index (Phi) is 5.55. The molecule has 2 aliphatic rings. The molecule has 1 spiro atoms. The summed E-state index contributed by atoms with van der Waals surface area (Å²) in [4.78, 5) is 16.2. The van der Waals surface area contributed by atoms with E-state index in [1.807, 2.05) is 6.07 Å². The van der Waals surface area contributed by atoms with Gasteiger partial charge in [0.1, 0.15) is 0 Å². The van der Waals surface area contributed by atoms with Crippen molar-refractivity contribution in [2.45, 2.75) is 19.3 Å². The summed E-state index contributed by atoms with van der Waals surface area (Å²) in [5.74, 6) is 0.884. The van der Waals surface area contributed by atoms with Crippen LogP contribution in [0.5, 0.6) is 0 Å². The molecule has 7 heteroatoms. The fourth-order valence-electron chi connectivity index (χ4n) is 3.56. The molecule has 1 saturated heterocycles. The maximum absolute atomic E-state index is 12.2. The van der Waals surface area contributed by atoms with E-state index in [-0.39, 0.29) is 30.7 Å². The molecule has 1 atom stereocenters. The van der Waals surface area contributed by atoms with Crippen molar-refractivity contribution in [2.75, 3.05) is 19.6 Å². The monoisotopic (exact) mass is 357 g/mol. The zero-order chi connectivity index (χ0) is 14.3. The Morgan fingerprint density at radius 2 is 2.17 bits per heavy atom. The third-order valence-electron chi connectivity index (χ3n) is 5.01. The number of rotatable bonds is 3. The summed E-state index contributed by atoms with van der Waals surface area (Å²) in [5.41, 5.74) is 1.15. The van der Waals surface area contributed by atoms with Crippen molar-refractivity contribution in [2.24, 2.45) is 11.3 Å². The molecule has 5 nitrogen and oxygen atoms in total. The van der Waals surface area contributed by atoms with Gasteiger partial charge in [-0.05, 0) is 55.8 Å². The van der Waals surface area contributed by atoms with Gasteiger partial charge in [0.25, 0.3) is 5.91 Å².